The maximum absolute atomic E-state index is 11.4. The van der Waals surface area contributed by atoms with Gasteiger partial charge >= 0.3 is 5.97 Å². The summed E-state index contributed by atoms with van der Waals surface area (Å²) in [7, 11) is 0. The highest BCUT2D eigenvalue weighted by atomic mass is 32.1. The van der Waals surface area contributed by atoms with E-state index in [-0.39, 0.29) is 6.10 Å². The Morgan fingerprint density at radius 1 is 1.24 bits per heavy atom. The molecule has 0 saturated carbocycles. The van der Waals surface area contributed by atoms with Crippen LogP contribution >= 0.6 is 11.3 Å². The molecule has 3 aromatic rings. The lowest BCUT2D eigenvalue weighted by atomic mass is 9.88. The van der Waals surface area contributed by atoms with Gasteiger partial charge in [0.05, 0.1) is 24.7 Å². The number of carboxylic acid groups (broad SMARTS) is 1. The minimum Gasteiger partial charge on any atom is -0.477 e. The van der Waals surface area contributed by atoms with Gasteiger partial charge in [-0.05, 0) is 50.4 Å². The Hall–Kier alpha value is -2.62. The molecule has 8 nitrogen and oxygen atoms in total. The first-order valence-electron chi connectivity index (χ1n) is 11.9. The fourth-order valence-corrected chi connectivity index (χ4v) is 6.09. The van der Waals surface area contributed by atoms with Gasteiger partial charge < -0.3 is 23.9 Å². The molecule has 3 aliphatic heterocycles. The smallest absolute Gasteiger partial charge is 0.346 e. The van der Waals surface area contributed by atoms with Crippen LogP contribution < -0.4 is 9.47 Å². The molecule has 2 aromatic heterocycles. The first-order valence-corrected chi connectivity index (χ1v) is 12.7. The number of rotatable bonds is 6. The number of hydrogen-bond donors (Lipinski definition) is 1. The van der Waals surface area contributed by atoms with Crippen molar-refractivity contribution in [2.24, 2.45) is 0 Å². The van der Waals surface area contributed by atoms with Crippen molar-refractivity contribution in [1.82, 2.24) is 14.5 Å². The summed E-state index contributed by atoms with van der Waals surface area (Å²) in [6.07, 6.45) is 3.31. The van der Waals surface area contributed by atoms with Crippen LogP contribution in [0, 0.1) is 0 Å². The zero-order valence-electron chi connectivity index (χ0n) is 19.5. The number of para-hydroxylation sites is 1. The largest absolute Gasteiger partial charge is 0.477 e. The third kappa shape index (κ3) is 3.95. The molecular formula is C25H29N3O5S. The molecule has 0 spiro atoms. The van der Waals surface area contributed by atoms with Gasteiger partial charge in [-0.25, -0.2) is 9.78 Å². The molecule has 2 saturated heterocycles. The first kappa shape index (κ1) is 21.9. The van der Waals surface area contributed by atoms with Crippen molar-refractivity contribution in [1.29, 1.82) is 0 Å². The van der Waals surface area contributed by atoms with E-state index in [9.17, 15) is 9.90 Å². The summed E-state index contributed by atoms with van der Waals surface area (Å²) in [5, 5.41) is 9.39. The predicted molar refractivity (Wildman–Crippen MR) is 128 cm³/mol. The summed E-state index contributed by atoms with van der Waals surface area (Å²) >= 11 is 1.25. The van der Waals surface area contributed by atoms with Gasteiger partial charge in [-0.3, -0.25) is 4.90 Å². The number of piperidine rings is 1. The van der Waals surface area contributed by atoms with Crippen molar-refractivity contribution in [3.63, 3.8) is 0 Å². The molecule has 0 aliphatic carbocycles. The minimum atomic E-state index is -0.900. The number of nitrogens with zero attached hydrogens (tertiary/aromatic N) is 3. The van der Waals surface area contributed by atoms with Gasteiger partial charge in [0.25, 0.3) is 0 Å². The highest BCUT2D eigenvalue weighted by Gasteiger charge is 2.36. The Kier molecular flexibility index (Phi) is 5.31. The monoisotopic (exact) mass is 483 g/mol. The standard InChI is InChI=1S/C25H29N3O5S/c1-25(2)32-19-5-3-4-17(22(19)33-25)15-6-9-27(10-7-15)14-21-26-23-18(12-20(34-23)24(29)30)28(21)13-16-8-11-31-16/h3-5,12,15-16H,6-11,13-14H2,1-2H3,(H,29,30)/t16-/m0/s1. The molecule has 180 valence electrons. The summed E-state index contributed by atoms with van der Waals surface area (Å²) in [6, 6.07) is 7.96. The lowest BCUT2D eigenvalue weighted by Crippen LogP contribution is -2.35. The number of fused-ring (bicyclic) bond motifs is 2. The van der Waals surface area contributed by atoms with Crippen LogP contribution in [0.1, 0.15) is 60.1 Å². The number of likely N-dealkylation sites (tertiary alicyclic amines) is 1. The third-order valence-electron chi connectivity index (χ3n) is 7.02. The molecule has 5 heterocycles. The van der Waals surface area contributed by atoms with Crippen molar-refractivity contribution in [3.8, 4) is 11.5 Å². The van der Waals surface area contributed by atoms with Gasteiger partial charge in [-0.1, -0.05) is 12.1 Å². The molecule has 0 unspecified atom stereocenters. The maximum Gasteiger partial charge on any atom is 0.346 e. The van der Waals surface area contributed by atoms with E-state index in [1.54, 1.807) is 6.07 Å². The first-order chi connectivity index (χ1) is 16.4. The summed E-state index contributed by atoms with van der Waals surface area (Å²) < 4.78 is 19.9. The molecule has 34 heavy (non-hydrogen) atoms. The third-order valence-corrected chi connectivity index (χ3v) is 8.03. The number of carbonyl (C=O) groups is 1. The quantitative estimate of drug-likeness (QED) is 0.554. The molecular weight excluding hydrogens is 454 g/mol. The van der Waals surface area contributed by atoms with Gasteiger partial charge in [0.15, 0.2) is 11.5 Å². The molecule has 1 aromatic carbocycles. The SMILES string of the molecule is CC1(C)Oc2cccc(C3CCN(Cc4nc5sc(C(=O)O)cc5n4C[C@@H]4CCO4)CC3)c2O1. The lowest BCUT2D eigenvalue weighted by Gasteiger charge is -2.33. The zero-order chi connectivity index (χ0) is 23.4. The van der Waals surface area contributed by atoms with E-state index in [0.717, 1.165) is 79.7 Å². The van der Waals surface area contributed by atoms with E-state index in [0.29, 0.717) is 10.8 Å². The van der Waals surface area contributed by atoms with E-state index >= 15 is 0 Å². The van der Waals surface area contributed by atoms with Crippen molar-refractivity contribution in [2.45, 2.75) is 64.0 Å². The van der Waals surface area contributed by atoms with Crippen LogP contribution in [0.5, 0.6) is 11.5 Å². The summed E-state index contributed by atoms with van der Waals surface area (Å²) in [6.45, 7) is 8.11. The number of thiophene rings is 1. The molecule has 1 atom stereocenters. The van der Waals surface area contributed by atoms with Gasteiger partial charge in [0.2, 0.25) is 5.79 Å². The lowest BCUT2D eigenvalue weighted by molar-refractivity contribution is -0.0592. The average Bonchev–Trinajstić information content (AvgIpc) is 3.41. The van der Waals surface area contributed by atoms with Crippen LogP contribution in [0.3, 0.4) is 0 Å². The van der Waals surface area contributed by atoms with Crippen LogP contribution in [0.2, 0.25) is 0 Å². The average molecular weight is 484 g/mol. The van der Waals surface area contributed by atoms with Gasteiger partial charge in [0, 0.05) is 26.0 Å². The molecule has 0 amide bonds. The molecule has 0 radical (unpaired) electrons. The second kappa shape index (κ2) is 8.25. The molecule has 9 heteroatoms. The van der Waals surface area contributed by atoms with E-state index in [4.69, 9.17) is 19.2 Å². The number of hydrogen-bond acceptors (Lipinski definition) is 7. The Balaban J connectivity index is 1.18. The van der Waals surface area contributed by atoms with Crippen LogP contribution in [-0.2, 0) is 17.8 Å². The van der Waals surface area contributed by atoms with E-state index in [1.165, 1.54) is 16.9 Å². The number of benzene rings is 1. The minimum absolute atomic E-state index is 0.182. The summed E-state index contributed by atoms with van der Waals surface area (Å²) in [5.41, 5.74) is 2.15. The van der Waals surface area contributed by atoms with Crippen molar-refractivity contribution in [2.75, 3.05) is 19.7 Å². The zero-order valence-corrected chi connectivity index (χ0v) is 20.3. The number of aromatic carboxylic acids is 1. The highest BCUT2D eigenvalue weighted by molar-refractivity contribution is 7.20. The summed E-state index contributed by atoms with van der Waals surface area (Å²) in [4.78, 5) is 19.9. The Bertz CT molecular complexity index is 1240. The van der Waals surface area contributed by atoms with Crippen LogP contribution in [0.15, 0.2) is 24.3 Å². The van der Waals surface area contributed by atoms with Gasteiger partial charge in [-0.2, -0.15) is 0 Å². The predicted octanol–water partition coefficient (Wildman–Crippen LogP) is 4.47. The van der Waals surface area contributed by atoms with E-state index in [1.807, 2.05) is 19.9 Å². The normalized spacial score (nSPS) is 22.2. The van der Waals surface area contributed by atoms with Crippen molar-refractivity contribution < 1.29 is 24.1 Å². The number of carboxylic acids is 1. The van der Waals surface area contributed by atoms with E-state index < -0.39 is 11.8 Å². The van der Waals surface area contributed by atoms with Crippen molar-refractivity contribution in [3.05, 3.63) is 40.5 Å². The second-order valence-corrected chi connectivity index (χ2v) is 10.9. The number of imidazole rings is 1. The highest BCUT2D eigenvalue weighted by Crippen LogP contribution is 2.46. The fourth-order valence-electron chi connectivity index (χ4n) is 5.20. The molecule has 6 rings (SSSR count). The molecule has 3 aliphatic rings. The van der Waals surface area contributed by atoms with E-state index in [2.05, 4.69) is 21.6 Å². The summed E-state index contributed by atoms with van der Waals surface area (Å²) in [5.74, 6) is 1.65. The van der Waals surface area contributed by atoms with Crippen molar-refractivity contribution >= 4 is 27.7 Å². The fraction of sp³-hybridized carbons (Fsp3) is 0.520. The van der Waals surface area contributed by atoms with Crippen LogP contribution in [-0.4, -0.2) is 57.1 Å². The van der Waals surface area contributed by atoms with Gasteiger partial charge in [0.1, 0.15) is 15.5 Å². The van der Waals surface area contributed by atoms with Crippen LogP contribution in [0.25, 0.3) is 10.3 Å². The maximum atomic E-state index is 11.4. The molecule has 1 N–H and O–H groups in total. The Morgan fingerprint density at radius 2 is 2.03 bits per heavy atom. The Labute approximate surface area is 202 Å². The van der Waals surface area contributed by atoms with Crippen LogP contribution in [0.4, 0.5) is 0 Å². The number of ether oxygens (including phenoxy) is 3. The number of aromatic nitrogens is 2. The molecule has 2 fully saturated rings. The Morgan fingerprint density at radius 3 is 2.74 bits per heavy atom. The van der Waals surface area contributed by atoms with Gasteiger partial charge in [-0.15, -0.1) is 11.3 Å². The molecule has 0 bridgehead atoms. The second-order valence-electron chi connectivity index (χ2n) is 9.86. The topological polar surface area (TPSA) is 86.1 Å².